The van der Waals surface area contributed by atoms with Crippen LogP contribution in [-0.4, -0.2) is 27.9 Å². The quantitative estimate of drug-likeness (QED) is 0.782. The largest absolute Gasteiger partial charge is 0.317 e. The Labute approximate surface area is 96.4 Å². The number of hydrogen-bond donors (Lipinski definition) is 1. The molecule has 2 aliphatic heterocycles. The topological polar surface area (TPSA) is 42.7 Å². The van der Waals surface area contributed by atoms with Gasteiger partial charge in [-0.05, 0) is 45.7 Å². The summed E-state index contributed by atoms with van der Waals surface area (Å²) in [5.74, 6) is 3.10. The lowest BCUT2D eigenvalue weighted by Crippen LogP contribution is -2.29. The first kappa shape index (κ1) is 10.3. The fraction of sp³-hybridized carbons (Fsp3) is 0.833. The van der Waals surface area contributed by atoms with Crippen LogP contribution in [0.25, 0.3) is 0 Å². The number of rotatable bonds is 1. The molecule has 3 heterocycles. The second-order valence-electron chi connectivity index (χ2n) is 5.11. The monoisotopic (exact) mass is 220 g/mol. The molecule has 1 aromatic heterocycles. The van der Waals surface area contributed by atoms with Gasteiger partial charge in [0.15, 0.2) is 0 Å². The van der Waals surface area contributed by atoms with E-state index in [1.54, 1.807) is 0 Å². The van der Waals surface area contributed by atoms with Crippen LogP contribution in [0.15, 0.2) is 0 Å². The molecule has 1 fully saturated rings. The van der Waals surface area contributed by atoms with E-state index in [0.29, 0.717) is 12.0 Å². The van der Waals surface area contributed by atoms with Crippen LogP contribution in [-0.2, 0) is 6.42 Å². The van der Waals surface area contributed by atoms with Crippen LogP contribution in [0.4, 0.5) is 0 Å². The van der Waals surface area contributed by atoms with Crippen molar-refractivity contribution in [2.75, 3.05) is 13.1 Å². The Kier molecular flexibility index (Phi) is 2.67. The van der Waals surface area contributed by atoms with Gasteiger partial charge in [-0.1, -0.05) is 0 Å². The van der Waals surface area contributed by atoms with Gasteiger partial charge in [0.2, 0.25) is 0 Å². The Hall–Kier alpha value is -0.900. The summed E-state index contributed by atoms with van der Waals surface area (Å²) in [5.41, 5.74) is 0. The van der Waals surface area contributed by atoms with Gasteiger partial charge < -0.3 is 9.88 Å². The SMILES string of the molecule is CC1CCCc2nnc(C3CCNCC3)n21. The fourth-order valence-corrected chi connectivity index (χ4v) is 3.03. The highest BCUT2D eigenvalue weighted by molar-refractivity contribution is 5.07. The number of piperidine rings is 1. The van der Waals surface area contributed by atoms with Crippen LogP contribution >= 0.6 is 0 Å². The molecule has 3 rings (SSSR count). The number of nitrogens with zero attached hydrogens (tertiary/aromatic N) is 3. The summed E-state index contributed by atoms with van der Waals surface area (Å²) < 4.78 is 2.42. The molecular weight excluding hydrogens is 200 g/mol. The molecular formula is C12H20N4. The number of fused-ring (bicyclic) bond motifs is 1. The lowest BCUT2D eigenvalue weighted by Gasteiger charge is -2.27. The molecule has 16 heavy (non-hydrogen) atoms. The molecule has 4 heteroatoms. The van der Waals surface area contributed by atoms with Crippen LogP contribution in [0.1, 0.15) is 56.2 Å². The van der Waals surface area contributed by atoms with Crippen LogP contribution in [0.2, 0.25) is 0 Å². The van der Waals surface area contributed by atoms with E-state index < -0.39 is 0 Å². The van der Waals surface area contributed by atoms with Crippen LogP contribution in [0.5, 0.6) is 0 Å². The van der Waals surface area contributed by atoms with Gasteiger partial charge in [0, 0.05) is 18.4 Å². The Bertz CT molecular complexity index is 365. The first-order chi connectivity index (χ1) is 7.86. The highest BCUT2D eigenvalue weighted by atomic mass is 15.3. The molecule has 0 aliphatic carbocycles. The van der Waals surface area contributed by atoms with E-state index in [9.17, 15) is 0 Å². The van der Waals surface area contributed by atoms with E-state index in [0.717, 1.165) is 19.5 Å². The van der Waals surface area contributed by atoms with Gasteiger partial charge in [-0.3, -0.25) is 0 Å². The molecule has 0 saturated carbocycles. The van der Waals surface area contributed by atoms with Crippen molar-refractivity contribution in [3.63, 3.8) is 0 Å². The number of aromatic nitrogens is 3. The third kappa shape index (κ3) is 1.65. The normalized spacial score (nSPS) is 26.7. The minimum Gasteiger partial charge on any atom is -0.317 e. The predicted molar refractivity (Wildman–Crippen MR) is 62.5 cm³/mol. The third-order valence-electron chi connectivity index (χ3n) is 3.96. The maximum absolute atomic E-state index is 4.46. The van der Waals surface area contributed by atoms with E-state index in [-0.39, 0.29) is 0 Å². The van der Waals surface area contributed by atoms with E-state index in [4.69, 9.17) is 0 Å². The van der Waals surface area contributed by atoms with Gasteiger partial charge in [-0.25, -0.2) is 0 Å². The summed E-state index contributed by atoms with van der Waals surface area (Å²) >= 11 is 0. The fourth-order valence-electron chi connectivity index (χ4n) is 3.03. The van der Waals surface area contributed by atoms with Gasteiger partial charge in [0.1, 0.15) is 11.6 Å². The molecule has 0 bridgehead atoms. The van der Waals surface area contributed by atoms with Crippen molar-refractivity contribution in [1.82, 2.24) is 20.1 Å². The minimum atomic E-state index is 0.601. The summed E-state index contributed by atoms with van der Waals surface area (Å²) in [4.78, 5) is 0. The molecule has 2 aliphatic rings. The maximum Gasteiger partial charge on any atom is 0.136 e. The molecule has 1 N–H and O–H groups in total. The standard InChI is InChI=1S/C12H20N4/c1-9-3-2-4-11-14-15-12(16(9)11)10-5-7-13-8-6-10/h9-10,13H,2-8H2,1H3. The van der Waals surface area contributed by atoms with Gasteiger partial charge in [0.25, 0.3) is 0 Å². The van der Waals surface area contributed by atoms with E-state index >= 15 is 0 Å². The lowest BCUT2D eigenvalue weighted by atomic mass is 9.96. The molecule has 1 atom stereocenters. The second-order valence-corrected chi connectivity index (χ2v) is 5.11. The predicted octanol–water partition coefficient (Wildman–Crippen LogP) is 1.64. The Morgan fingerprint density at radius 3 is 2.81 bits per heavy atom. The van der Waals surface area contributed by atoms with E-state index in [1.165, 1.54) is 37.3 Å². The molecule has 1 unspecified atom stereocenters. The molecule has 1 aromatic rings. The Morgan fingerprint density at radius 1 is 1.19 bits per heavy atom. The summed E-state index contributed by atoms with van der Waals surface area (Å²) in [6.07, 6.45) is 6.09. The minimum absolute atomic E-state index is 0.601. The highest BCUT2D eigenvalue weighted by Crippen LogP contribution is 2.31. The first-order valence-corrected chi connectivity index (χ1v) is 6.50. The van der Waals surface area contributed by atoms with Gasteiger partial charge in [0.05, 0.1) is 0 Å². The molecule has 0 aromatic carbocycles. The number of aryl methyl sites for hydroxylation is 1. The Morgan fingerprint density at radius 2 is 2.00 bits per heavy atom. The van der Waals surface area contributed by atoms with Crippen molar-refractivity contribution in [2.45, 2.75) is 51.0 Å². The summed E-state index contributed by atoms with van der Waals surface area (Å²) in [6, 6.07) is 0.601. The molecule has 0 radical (unpaired) electrons. The zero-order chi connectivity index (χ0) is 11.0. The molecule has 0 spiro atoms. The number of nitrogens with one attached hydrogen (secondary N) is 1. The molecule has 0 amide bonds. The third-order valence-corrected chi connectivity index (χ3v) is 3.96. The maximum atomic E-state index is 4.46. The van der Waals surface area contributed by atoms with E-state index in [2.05, 4.69) is 27.0 Å². The lowest BCUT2D eigenvalue weighted by molar-refractivity contribution is 0.376. The highest BCUT2D eigenvalue weighted by Gasteiger charge is 2.27. The zero-order valence-electron chi connectivity index (χ0n) is 9.95. The second kappa shape index (κ2) is 4.17. The summed E-state index contributed by atoms with van der Waals surface area (Å²) in [5, 5.41) is 12.2. The van der Waals surface area contributed by atoms with Crippen molar-refractivity contribution in [1.29, 1.82) is 0 Å². The van der Waals surface area contributed by atoms with Gasteiger partial charge in [-0.15, -0.1) is 10.2 Å². The molecule has 1 saturated heterocycles. The van der Waals surface area contributed by atoms with Crippen molar-refractivity contribution >= 4 is 0 Å². The number of hydrogen-bond acceptors (Lipinski definition) is 3. The average Bonchev–Trinajstić information content (AvgIpc) is 2.75. The first-order valence-electron chi connectivity index (χ1n) is 6.50. The van der Waals surface area contributed by atoms with Gasteiger partial charge in [-0.2, -0.15) is 0 Å². The molecule has 4 nitrogen and oxygen atoms in total. The van der Waals surface area contributed by atoms with Crippen LogP contribution in [0, 0.1) is 0 Å². The van der Waals surface area contributed by atoms with Crippen LogP contribution in [0.3, 0.4) is 0 Å². The van der Waals surface area contributed by atoms with Gasteiger partial charge >= 0.3 is 0 Å². The van der Waals surface area contributed by atoms with Crippen LogP contribution < -0.4 is 5.32 Å². The van der Waals surface area contributed by atoms with Crippen molar-refractivity contribution in [3.8, 4) is 0 Å². The smallest absolute Gasteiger partial charge is 0.136 e. The van der Waals surface area contributed by atoms with E-state index in [1.807, 2.05) is 0 Å². The zero-order valence-corrected chi connectivity index (χ0v) is 9.95. The molecule has 88 valence electrons. The summed E-state index contributed by atoms with van der Waals surface area (Å²) in [6.45, 7) is 4.55. The van der Waals surface area contributed by atoms with Crippen molar-refractivity contribution in [3.05, 3.63) is 11.6 Å². The van der Waals surface area contributed by atoms with Crippen molar-refractivity contribution < 1.29 is 0 Å². The summed E-state index contributed by atoms with van der Waals surface area (Å²) in [7, 11) is 0. The average molecular weight is 220 g/mol. The Balaban J connectivity index is 1.91. The van der Waals surface area contributed by atoms with Crippen molar-refractivity contribution in [2.24, 2.45) is 0 Å².